The Bertz CT molecular complexity index is 994. The third kappa shape index (κ3) is 3.39. The van der Waals surface area contributed by atoms with Gasteiger partial charge in [0.05, 0.1) is 11.4 Å². The van der Waals surface area contributed by atoms with Crippen molar-refractivity contribution in [1.82, 2.24) is 0 Å². The van der Waals surface area contributed by atoms with Gasteiger partial charge in [0.25, 0.3) is 5.91 Å². The Balaban J connectivity index is 1.70. The van der Waals surface area contributed by atoms with E-state index in [2.05, 4.69) is 5.32 Å². The van der Waals surface area contributed by atoms with E-state index in [-0.39, 0.29) is 17.7 Å². The molecule has 2 aliphatic heterocycles. The minimum atomic E-state index is -0.420. The zero-order valence-electron chi connectivity index (χ0n) is 17.0. The molecule has 0 radical (unpaired) electrons. The van der Waals surface area contributed by atoms with Gasteiger partial charge in [0.1, 0.15) is 6.04 Å². The summed E-state index contributed by atoms with van der Waals surface area (Å²) in [5.41, 5.74) is 4.70. The maximum absolute atomic E-state index is 13.0. The summed E-state index contributed by atoms with van der Waals surface area (Å²) in [6.45, 7) is 6.54. The van der Waals surface area contributed by atoms with Gasteiger partial charge in [-0.15, -0.1) is 0 Å². The summed E-state index contributed by atoms with van der Waals surface area (Å²) in [5, 5.41) is 2.94. The van der Waals surface area contributed by atoms with Gasteiger partial charge < -0.3 is 10.2 Å². The first-order chi connectivity index (χ1) is 13.9. The minimum absolute atomic E-state index is 0.0341. The van der Waals surface area contributed by atoms with Gasteiger partial charge in [-0.2, -0.15) is 0 Å². The van der Waals surface area contributed by atoms with Gasteiger partial charge in [0.15, 0.2) is 0 Å². The Morgan fingerprint density at radius 3 is 2.48 bits per heavy atom. The van der Waals surface area contributed by atoms with Gasteiger partial charge in [0, 0.05) is 24.2 Å². The van der Waals surface area contributed by atoms with Crippen LogP contribution in [0, 0.1) is 13.8 Å². The number of hydrogen-bond acceptors (Lipinski definition) is 3. The van der Waals surface area contributed by atoms with Crippen molar-refractivity contribution in [3.8, 4) is 0 Å². The van der Waals surface area contributed by atoms with Crippen LogP contribution in [-0.4, -0.2) is 30.3 Å². The third-order valence-electron chi connectivity index (χ3n) is 5.48. The number of anilines is 3. The third-order valence-corrected chi connectivity index (χ3v) is 5.48. The van der Waals surface area contributed by atoms with E-state index in [1.165, 1.54) is 0 Å². The molecule has 0 bridgehead atoms. The van der Waals surface area contributed by atoms with E-state index in [0.717, 1.165) is 23.2 Å². The number of carbonyl (C=O) groups is 3. The fraction of sp³-hybridized carbons (Fsp3) is 0.348. The second-order valence-electron chi connectivity index (χ2n) is 7.84. The van der Waals surface area contributed by atoms with Crippen LogP contribution in [0.4, 0.5) is 17.1 Å². The Morgan fingerprint density at radius 2 is 1.79 bits per heavy atom. The molecule has 1 saturated heterocycles. The standard InChI is InChI=1S/C23H25N3O3/c1-4-9-25-20-13-16(22(28)24-17-11-14(2)10-15(3)12-17)5-6-18(20)26-19(23(25)29)7-8-21(26)27/h5-6,10-13,19H,4,7-9H2,1-3H3,(H,24,28)/t19-/m0/s1. The Kier molecular flexibility index (Phi) is 4.86. The number of nitrogens with one attached hydrogen (secondary N) is 1. The number of fused-ring (bicyclic) bond motifs is 3. The molecule has 0 unspecified atom stereocenters. The lowest BCUT2D eigenvalue weighted by Gasteiger charge is -2.38. The van der Waals surface area contributed by atoms with Crippen molar-refractivity contribution in [2.75, 3.05) is 21.7 Å². The highest BCUT2D eigenvalue weighted by molar-refractivity contribution is 6.16. The van der Waals surface area contributed by atoms with Crippen LogP contribution in [-0.2, 0) is 9.59 Å². The average molecular weight is 391 g/mol. The van der Waals surface area contributed by atoms with Crippen LogP contribution in [0.25, 0.3) is 0 Å². The molecule has 2 aromatic rings. The molecule has 2 heterocycles. The number of aryl methyl sites for hydroxylation is 2. The van der Waals surface area contributed by atoms with Crippen molar-refractivity contribution in [1.29, 1.82) is 0 Å². The molecule has 150 valence electrons. The molecule has 4 rings (SSSR count). The molecule has 0 saturated carbocycles. The van der Waals surface area contributed by atoms with Crippen LogP contribution in [0.1, 0.15) is 47.7 Å². The highest BCUT2D eigenvalue weighted by Gasteiger charge is 2.44. The van der Waals surface area contributed by atoms with Gasteiger partial charge in [-0.3, -0.25) is 19.3 Å². The first kappa shape index (κ1) is 19.2. The van der Waals surface area contributed by atoms with E-state index in [1.807, 2.05) is 39.0 Å². The largest absolute Gasteiger partial charge is 0.322 e. The lowest BCUT2D eigenvalue weighted by atomic mass is 10.0. The van der Waals surface area contributed by atoms with E-state index in [1.54, 1.807) is 28.0 Å². The zero-order chi connectivity index (χ0) is 20.7. The molecule has 3 amide bonds. The molecule has 0 aromatic heterocycles. The minimum Gasteiger partial charge on any atom is -0.322 e. The topological polar surface area (TPSA) is 69.7 Å². The summed E-state index contributed by atoms with van der Waals surface area (Å²) in [6, 6.07) is 10.7. The smallest absolute Gasteiger partial charge is 0.255 e. The number of hydrogen-bond donors (Lipinski definition) is 1. The molecule has 2 aromatic carbocycles. The van der Waals surface area contributed by atoms with Crippen molar-refractivity contribution in [3.05, 3.63) is 53.1 Å². The maximum atomic E-state index is 13.0. The lowest BCUT2D eigenvalue weighted by molar-refractivity contribution is -0.122. The monoisotopic (exact) mass is 391 g/mol. The number of carbonyl (C=O) groups excluding carboxylic acids is 3. The Labute approximate surface area is 170 Å². The van der Waals surface area contributed by atoms with Crippen molar-refractivity contribution < 1.29 is 14.4 Å². The van der Waals surface area contributed by atoms with Crippen LogP contribution >= 0.6 is 0 Å². The van der Waals surface area contributed by atoms with Crippen molar-refractivity contribution in [2.24, 2.45) is 0 Å². The number of amides is 3. The van der Waals surface area contributed by atoms with Crippen LogP contribution in [0.3, 0.4) is 0 Å². The molecule has 1 fully saturated rings. The molecule has 6 nitrogen and oxygen atoms in total. The first-order valence-corrected chi connectivity index (χ1v) is 10.1. The second-order valence-corrected chi connectivity index (χ2v) is 7.84. The van der Waals surface area contributed by atoms with E-state index < -0.39 is 6.04 Å². The van der Waals surface area contributed by atoms with E-state index in [0.29, 0.717) is 36.3 Å². The van der Waals surface area contributed by atoms with E-state index >= 15 is 0 Å². The van der Waals surface area contributed by atoms with Gasteiger partial charge in [-0.1, -0.05) is 13.0 Å². The first-order valence-electron chi connectivity index (χ1n) is 10.1. The summed E-state index contributed by atoms with van der Waals surface area (Å²) in [7, 11) is 0. The van der Waals surface area contributed by atoms with Crippen molar-refractivity contribution in [3.63, 3.8) is 0 Å². The molecule has 2 aliphatic rings. The molecule has 1 atom stereocenters. The number of nitrogens with zero attached hydrogens (tertiary/aromatic N) is 2. The lowest BCUT2D eigenvalue weighted by Crippen LogP contribution is -2.52. The van der Waals surface area contributed by atoms with Crippen LogP contribution < -0.4 is 15.1 Å². The average Bonchev–Trinajstić information content (AvgIpc) is 3.06. The predicted octanol–water partition coefficient (Wildman–Crippen LogP) is 3.81. The Morgan fingerprint density at radius 1 is 1.07 bits per heavy atom. The summed E-state index contributed by atoms with van der Waals surface area (Å²) in [6.07, 6.45) is 1.72. The summed E-state index contributed by atoms with van der Waals surface area (Å²) in [4.78, 5) is 41.6. The van der Waals surface area contributed by atoms with Crippen LogP contribution in [0.5, 0.6) is 0 Å². The summed E-state index contributed by atoms with van der Waals surface area (Å²) in [5.74, 6) is -0.332. The molecule has 1 N–H and O–H groups in total. The SMILES string of the molecule is CCCN1C(=O)[C@@H]2CCC(=O)N2c2ccc(C(=O)Nc3cc(C)cc(C)c3)cc21. The van der Waals surface area contributed by atoms with E-state index in [9.17, 15) is 14.4 Å². The number of benzene rings is 2. The van der Waals surface area contributed by atoms with Gasteiger partial charge in [-0.05, 0) is 68.1 Å². The van der Waals surface area contributed by atoms with Crippen LogP contribution in [0.15, 0.2) is 36.4 Å². The van der Waals surface area contributed by atoms with Crippen molar-refractivity contribution in [2.45, 2.75) is 46.1 Å². The quantitative estimate of drug-likeness (QED) is 0.862. The normalized spacial score (nSPS) is 18.0. The summed E-state index contributed by atoms with van der Waals surface area (Å²) >= 11 is 0. The molecule has 6 heteroatoms. The molecule has 29 heavy (non-hydrogen) atoms. The van der Waals surface area contributed by atoms with Gasteiger partial charge >= 0.3 is 0 Å². The molecule has 0 aliphatic carbocycles. The fourth-order valence-corrected chi connectivity index (χ4v) is 4.31. The van der Waals surface area contributed by atoms with E-state index in [4.69, 9.17) is 0 Å². The zero-order valence-corrected chi connectivity index (χ0v) is 17.0. The Hall–Kier alpha value is -3.15. The number of rotatable bonds is 4. The van der Waals surface area contributed by atoms with Gasteiger partial charge in [0.2, 0.25) is 11.8 Å². The highest BCUT2D eigenvalue weighted by Crippen LogP contribution is 2.41. The molecular weight excluding hydrogens is 366 g/mol. The predicted molar refractivity (Wildman–Crippen MR) is 113 cm³/mol. The van der Waals surface area contributed by atoms with Gasteiger partial charge in [-0.25, -0.2) is 0 Å². The maximum Gasteiger partial charge on any atom is 0.255 e. The second kappa shape index (κ2) is 7.35. The molecule has 0 spiro atoms. The summed E-state index contributed by atoms with van der Waals surface area (Å²) < 4.78 is 0. The molecular formula is C23H25N3O3. The van der Waals surface area contributed by atoms with Crippen molar-refractivity contribution >= 4 is 34.8 Å². The fourth-order valence-electron chi connectivity index (χ4n) is 4.31. The highest BCUT2D eigenvalue weighted by atomic mass is 16.2. The van der Waals surface area contributed by atoms with Crippen LogP contribution in [0.2, 0.25) is 0 Å².